The summed E-state index contributed by atoms with van der Waals surface area (Å²) in [6, 6.07) is 14.0. The largest absolute Gasteiger partial charge is 0.493 e. The van der Waals surface area contributed by atoms with Crippen molar-refractivity contribution in [1.82, 2.24) is 30.4 Å². The van der Waals surface area contributed by atoms with Gasteiger partial charge in [0.15, 0.2) is 0 Å². The minimum atomic E-state index is -0.490. The number of urea groups is 1. The number of aromatic nitrogens is 1. The van der Waals surface area contributed by atoms with E-state index in [9.17, 15) is 24.0 Å². The molecule has 5 amide bonds. The molecule has 0 bridgehead atoms. The van der Waals surface area contributed by atoms with E-state index in [1.807, 2.05) is 49.1 Å². The Morgan fingerprint density at radius 2 is 1.79 bits per heavy atom. The molecular weight excluding hydrogens is 884 g/mol. The van der Waals surface area contributed by atoms with Crippen molar-refractivity contribution in [1.29, 1.82) is 0 Å². The van der Waals surface area contributed by atoms with E-state index in [4.69, 9.17) is 9.47 Å². The van der Waals surface area contributed by atoms with Gasteiger partial charge in [0.1, 0.15) is 23.1 Å². The topological polar surface area (TPSA) is 175 Å². The summed E-state index contributed by atoms with van der Waals surface area (Å²) in [6.45, 7) is 10.6. The normalized spacial score (nSPS) is 19.4. The molecular formula is C48H61FN8O7S2. The van der Waals surface area contributed by atoms with E-state index in [-0.39, 0.29) is 59.1 Å². The van der Waals surface area contributed by atoms with Crippen LogP contribution in [0.25, 0.3) is 0 Å². The van der Waals surface area contributed by atoms with Crippen LogP contribution in [0.5, 0.6) is 11.5 Å². The number of Topliss-reactive ketones (excluding diaryl/α,β-unsaturated/α-hetero) is 1. The summed E-state index contributed by atoms with van der Waals surface area (Å²) in [5.74, 6) is 1.37. The van der Waals surface area contributed by atoms with Gasteiger partial charge in [-0.2, -0.15) is 5.10 Å². The molecule has 0 radical (unpaired) electrons. The molecule has 4 heterocycles. The molecule has 354 valence electrons. The van der Waals surface area contributed by atoms with Crippen molar-refractivity contribution in [2.45, 2.75) is 95.4 Å². The number of nitrogens with one attached hydrogen (secondary N) is 3. The van der Waals surface area contributed by atoms with Crippen LogP contribution in [0, 0.1) is 11.7 Å². The van der Waals surface area contributed by atoms with Crippen molar-refractivity contribution in [2.75, 3.05) is 63.6 Å². The third-order valence-corrected chi connectivity index (χ3v) is 15.6. The van der Waals surface area contributed by atoms with E-state index in [0.29, 0.717) is 99.6 Å². The molecule has 15 nitrogen and oxygen atoms in total. The highest BCUT2D eigenvalue weighted by atomic mass is 33.1. The van der Waals surface area contributed by atoms with E-state index in [1.165, 1.54) is 6.07 Å². The van der Waals surface area contributed by atoms with Gasteiger partial charge in [-0.25, -0.2) is 14.6 Å². The second-order valence-electron chi connectivity index (χ2n) is 17.9. The van der Waals surface area contributed by atoms with Crippen molar-refractivity contribution >= 4 is 62.5 Å². The van der Waals surface area contributed by atoms with Gasteiger partial charge in [0.05, 0.1) is 18.9 Å². The van der Waals surface area contributed by atoms with Crippen molar-refractivity contribution in [3.05, 3.63) is 83.4 Å². The molecule has 2 saturated heterocycles. The quantitative estimate of drug-likeness (QED) is 0.0658. The number of ketones is 1. The maximum Gasteiger partial charge on any atom is 0.317 e. The number of rotatable bonds is 19. The van der Waals surface area contributed by atoms with E-state index >= 15 is 4.39 Å². The number of benzene rings is 2. The number of hydrazone groups is 1. The molecule has 2 aromatic carbocycles. The number of piperazine rings is 1. The Balaban J connectivity index is 0.740. The zero-order chi connectivity index (χ0) is 46.6. The van der Waals surface area contributed by atoms with E-state index in [1.54, 1.807) is 57.9 Å². The minimum absolute atomic E-state index is 0.0431. The fraction of sp³-hybridized carbons (Fsp3) is 0.521. The van der Waals surface area contributed by atoms with Crippen LogP contribution in [-0.4, -0.2) is 124 Å². The molecule has 4 aliphatic rings. The maximum atomic E-state index is 15.0. The lowest BCUT2D eigenvalue weighted by Gasteiger charge is -2.42. The number of pyridine rings is 1. The summed E-state index contributed by atoms with van der Waals surface area (Å²) in [5.41, 5.74) is 6.03. The van der Waals surface area contributed by atoms with Gasteiger partial charge < -0.3 is 34.7 Å². The van der Waals surface area contributed by atoms with E-state index in [2.05, 4.69) is 31.0 Å². The van der Waals surface area contributed by atoms with Crippen molar-refractivity contribution in [2.24, 2.45) is 11.0 Å². The molecule has 7 rings (SSSR count). The zero-order valence-corrected chi connectivity index (χ0v) is 39.7. The Hall–Kier alpha value is -5.20. The number of nitrogens with zero attached hydrogens (tertiary/aromatic N) is 5. The minimum Gasteiger partial charge on any atom is -0.493 e. The number of halogens is 1. The van der Waals surface area contributed by atoms with Gasteiger partial charge in [0, 0.05) is 129 Å². The summed E-state index contributed by atoms with van der Waals surface area (Å²) in [5, 5.41) is 10.1. The van der Waals surface area contributed by atoms with Crippen LogP contribution in [0.4, 0.5) is 14.9 Å². The predicted molar refractivity (Wildman–Crippen MR) is 255 cm³/mol. The third kappa shape index (κ3) is 13.9. The number of carbonyl (C=O) groups is 5. The molecule has 3 aromatic rings. The summed E-state index contributed by atoms with van der Waals surface area (Å²) in [4.78, 5) is 73.3. The number of likely N-dealkylation sites (tertiary alicyclic amines) is 1. The van der Waals surface area contributed by atoms with Crippen molar-refractivity contribution in [3.8, 4) is 11.5 Å². The van der Waals surface area contributed by atoms with Crippen LogP contribution in [0.1, 0.15) is 94.7 Å². The Kier molecular flexibility index (Phi) is 17.0. The van der Waals surface area contributed by atoms with Gasteiger partial charge in [-0.05, 0) is 88.3 Å². The van der Waals surface area contributed by atoms with E-state index in [0.717, 1.165) is 49.2 Å². The number of amides is 5. The lowest BCUT2D eigenvalue weighted by atomic mass is 10.0. The Morgan fingerprint density at radius 1 is 0.985 bits per heavy atom. The SMILES string of the molecule is CC(=O)CCCOc1ccc2c(c1)OCC/C2=N\NC(=O)CC(C)(C)SSCCC(=O)N1CCN(C2CCN(C(=O)NCc3ccc(NC(=O)C4CC4c4cccnc4)cc3F)CC2)CC1. The first-order valence-electron chi connectivity index (χ1n) is 22.9. The van der Waals surface area contributed by atoms with Crippen LogP contribution >= 0.6 is 21.6 Å². The molecule has 2 unspecified atom stereocenters. The lowest BCUT2D eigenvalue weighted by Crippen LogP contribution is -2.55. The van der Waals surface area contributed by atoms with Crippen LogP contribution in [0.2, 0.25) is 0 Å². The monoisotopic (exact) mass is 944 g/mol. The van der Waals surface area contributed by atoms with Crippen molar-refractivity contribution in [3.63, 3.8) is 0 Å². The van der Waals surface area contributed by atoms with Gasteiger partial charge in [-0.1, -0.05) is 33.7 Å². The molecule has 2 atom stereocenters. The van der Waals surface area contributed by atoms with Gasteiger partial charge in [-0.3, -0.25) is 24.3 Å². The first-order valence-corrected chi connectivity index (χ1v) is 25.2. The molecule has 66 heavy (non-hydrogen) atoms. The molecule has 3 fully saturated rings. The van der Waals surface area contributed by atoms with Crippen LogP contribution in [-0.2, 0) is 25.7 Å². The maximum absolute atomic E-state index is 15.0. The highest BCUT2D eigenvalue weighted by Crippen LogP contribution is 2.47. The van der Waals surface area contributed by atoms with E-state index < -0.39 is 5.82 Å². The molecule has 3 N–H and O–H groups in total. The summed E-state index contributed by atoms with van der Waals surface area (Å²) in [6.07, 6.45) is 8.24. The molecule has 3 aliphatic heterocycles. The van der Waals surface area contributed by atoms with Crippen LogP contribution < -0.4 is 25.5 Å². The number of piperidine rings is 1. The number of fused-ring (bicyclic) bond motifs is 1. The average Bonchev–Trinajstić information content (AvgIpc) is 4.13. The highest BCUT2D eigenvalue weighted by molar-refractivity contribution is 8.77. The standard InChI is InChI=1S/C48H61FN8O7S2/c1-32(58)6-5-23-63-37-10-11-38-42(14-24-64-43(38)27-37)53-54-44(59)29-48(2,3)66-65-25-15-45(60)56-21-19-55(20-22-56)36-12-17-57(18-13-36)47(62)51-31-34-8-9-35(26-41(34)49)52-46(61)40-28-39(40)33-7-4-16-50-30-33/h4,7-11,16,26-27,30,36,39-40H,5-6,12-15,17-25,28-29,31H2,1-3H3,(H,51,62)(H,52,61)(H,54,59)/b53-42+. The molecule has 0 spiro atoms. The Morgan fingerprint density at radius 3 is 2.53 bits per heavy atom. The molecule has 1 aromatic heterocycles. The Labute approximate surface area is 394 Å². The Bertz CT molecular complexity index is 2230. The molecule has 18 heteroatoms. The second kappa shape index (κ2) is 23.0. The molecule has 1 aliphatic carbocycles. The summed E-state index contributed by atoms with van der Waals surface area (Å²) >= 11 is 0. The molecule has 1 saturated carbocycles. The second-order valence-corrected chi connectivity index (χ2v) is 21.0. The number of hydrogen-bond donors (Lipinski definition) is 3. The highest BCUT2D eigenvalue weighted by Gasteiger charge is 2.44. The summed E-state index contributed by atoms with van der Waals surface area (Å²) in [7, 11) is 3.20. The van der Waals surface area contributed by atoms with Crippen molar-refractivity contribution < 1.29 is 37.8 Å². The van der Waals surface area contributed by atoms with Gasteiger partial charge >= 0.3 is 6.03 Å². The zero-order valence-electron chi connectivity index (χ0n) is 38.0. The fourth-order valence-electron chi connectivity index (χ4n) is 8.55. The first kappa shape index (κ1) is 48.7. The number of carbonyl (C=O) groups excluding carboxylic acids is 5. The summed E-state index contributed by atoms with van der Waals surface area (Å²) < 4.78 is 26.2. The van der Waals surface area contributed by atoms with Gasteiger partial charge in [0.2, 0.25) is 17.7 Å². The number of ether oxygens (including phenoxy) is 2. The first-order chi connectivity index (χ1) is 31.8. The van der Waals surface area contributed by atoms with Crippen LogP contribution in [0.3, 0.4) is 0 Å². The lowest BCUT2D eigenvalue weighted by molar-refractivity contribution is -0.133. The fourth-order valence-corrected chi connectivity index (χ4v) is 11.0. The smallest absolute Gasteiger partial charge is 0.317 e. The van der Waals surface area contributed by atoms with Gasteiger partial charge in [-0.15, -0.1) is 0 Å². The number of hydrogen-bond acceptors (Lipinski definition) is 12. The van der Waals surface area contributed by atoms with Gasteiger partial charge in [0.25, 0.3) is 0 Å². The average molecular weight is 945 g/mol. The number of anilines is 1. The predicted octanol–water partition coefficient (Wildman–Crippen LogP) is 6.77. The third-order valence-electron chi connectivity index (χ3n) is 12.3. The van der Waals surface area contributed by atoms with Crippen LogP contribution in [0.15, 0.2) is 66.0 Å².